The minimum Gasteiger partial charge on any atom is -0.490 e. The maximum absolute atomic E-state index is 12.8. The summed E-state index contributed by atoms with van der Waals surface area (Å²) < 4.78 is 37.9. The van der Waals surface area contributed by atoms with E-state index < -0.39 is 16.0 Å². The minimum atomic E-state index is -3.50. The quantitative estimate of drug-likeness (QED) is 0.374. The Bertz CT molecular complexity index is 1360. The van der Waals surface area contributed by atoms with Gasteiger partial charge in [-0.05, 0) is 55.3 Å². The van der Waals surface area contributed by atoms with Crippen molar-refractivity contribution in [2.45, 2.75) is 37.1 Å². The van der Waals surface area contributed by atoms with E-state index in [2.05, 4.69) is 4.98 Å². The van der Waals surface area contributed by atoms with Gasteiger partial charge in [0.2, 0.25) is 10.0 Å². The number of carbonyl (C=O) groups excluding carboxylic acids is 1. The zero-order valence-corrected chi connectivity index (χ0v) is 20.0. The van der Waals surface area contributed by atoms with Gasteiger partial charge in [-0.1, -0.05) is 6.42 Å². The Morgan fingerprint density at radius 1 is 1.06 bits per heavy atom. The summed E-state index contributed by atoms with van der Waals surface area (Å²) >= 11 is 0. The van der Waals surface area contributed by atoms with E-state index in [-0.39, 0.29) is 23.7 Å². The fourth-order valence-electron chi connectivity index (χ4n) is 3.84. The van der Waals surface area contributed by atoms with Crippen molar-refractivity contribution in [3.05, 3.63) is 64.2 Å². The molecule has 0 radical (unpaired) electrons. The molecule has 0 amide bonds. The second kappa shape index (κ2) is 9.94. The van der Waals surface area contributed by atoms with Crippen molar-refractivity contribution < 1.29 is 22.7 Å². The Morgan fingerprint density at radius 3 is 2.56 bits per heavy atom. The first kappa shape index (κ1) is 23.9. The zero-order chi connectivity index (χ0) is 24.3. The summed E-state index contributed by atoms with van der Waals surface area (Å²) in [5, 5.41) is 0.491. The van der Waals surface area contributed by atoms with Gasteiger partial charge in [0.1, 0.15) is 24.8 Å². The van der Waals surface area contributed by atoms with Crippen molar-refractivity contribution in [1.29, 1.82) is 0 Å². The summed E-state index contributed by atoms with van der Waals surface area (Å²) in [6.45, 7) is 0.788. The molecule has 9 nitrogen and oxygen atoms in total. The van der Waals surface area contributed by atoms with Gasteiger partial charge in [0.25, 0.3) is 5.56 Å². The number of aryl methyl sites for hydroxylation is 1. The number of nitrogens with zero attached hydrogens (tertiary/aromatic N) is 3. The van der Waals surface area contributed by atoms with Crippen LogP contribution in [-0.2, 0) is 27.7 Å². The molecule has 3 aromatic rings. The SMILES string of the molecule is CN(C)S(=O)(=O)c1ccc(OCCOC(=O)c2ccc3c(=O)n4c(nc3c2)CCCCC4)cc1. The molecule has 1 aliphatic heterocycles. The van der Waals surface area contributed by atoms with Gasteiger partial charge in [-0.15, -0.1) is 0 Å². The fraction of sp³-hybridized carbons (Fsp3) is 0.375. The second-order valence-corrected chi connectivity index (χ2v) is 10.4. The molecule has 0 saturated heterocycles. The number of sulfonamides is 1. The molecule has 0 saturated carbocycles. The number of ether oxygens (including phenoxy) is 2. The van der Waals surface area contributed by atoms with Crippen molar-refractivity contribution in [2.75, 3.05) is 27.3 Å². The van der Waals surface area contributed by atoms with Gasteiger partial charge in [-0.2, -0.15) is 0 Å². The number of rotatable bonds is 7. The van der Waals surface area contributed by atoms with Gasteiger partial charge in [0.15, 0.2) is 0 Å². The molecule has 1 aliphatic rings. The number of hydrogen-bond acceptors (Lipinski definition) is 7. The van der Waals surface area contributed by atoms with Gasteiger partial charge < -0.3 is 9.47 Å². The number of aromatic nitrogens is 2. The third kappa shape index (κ3) is 4.97. The molecule has 0 N–H and O–H groups in total. The molecule has 0 spiro atoms. The minimum absolute atomic E-state index is 0.00882. The van der Waals surface area contributed by atoms with Crippen LogP contribution in [0.2, 0.25) is 0 Å². The van der Waals surface area contributed by atoms with Gasteiger partial charge >= 0.3 is 5.97 Å². The van der Waals surface area contributed by atoms with Crippen molar-refractivity contribution in [2.24, 2.45) is 0 Å². The summed E-state index contributed by atoms with van der Waals surface area (Å²) in [5.74, 6) is 0.693. The molecule has 0 fully saturated rings. The monoisotopic (exact) mass is 485 g/mol. The molecule has 34 heavy (non-hydrogen) atoms. The van der Waals surface area contributed by atoms with Crippen LogP contribution in [0.3, 0.4) is 0 Å². The highest BCUT2D eigenvalue weighted by atomic mass is 32.2. The van der Waals surface area contributed by atoms with Gasteiger partial charge in [-0.3, -0.25) is 9.36 Å². The summed E-state index contributed by atoms with van der Waals surface area (Å²) in [6, 6.07) is 10.8. The van der Waals surface area contributed by atoms with Crippen molar-refractivity contribution in [3.8, 4) is 5.75 Å². The third-order valence-corrected chi connectivity index (χ3v) is 7.57. The van der Waals surface area contributed by atoms with Crippen LogP contribution in [0.4, 0.5) is 0 Å². The highest BCUT2D eigenvalue weighted by molar-refractivity contribution is 7.89. The summed E-state index contributed by atoms with van der Waals surface area (Å²) in [7, 11) is -0.573. The lowest BCUT2D eigenvalue weighted by atomic mass is 10.1. The molecular formula is C24H27N3O6S. The molecule has 2 aromatic carbocycles. The summed E-state index contributed by atoms with van der Waals surface area (Å²) in [4.78, 5) is 30.1. The average molecular weight is 486 g/mol. The Balaban J connectivity index is 1.37. The topological polar surface area (TPSA) is 108 Å². The van der Waals surface area contributed by atoms with Crippen molar-refractivity contribution in [3.63, 3.8) is 0 Å². The Morgan fingerprint density at radius 2 is 1.82 bits per heavy atom. The Hall–Kier alpha value is -3.24. The molecule has 0 bridgehead atoms. The van der Waals surface area contributed by atoms with Crippen LogP contribution in [0, 0.1) is 0 Å². The lowest BCUT2D eigenvalue weighted by molar-refractivity contribution is 0.0450. The van der Waals surface area contributed by atoms with E-state index in [4.69, 9.17) is 9.47 Å². The highest BCUT2D eigenvalue weighted by Crippen LogP contribution is 2.19. The second-order valence-electron chi connectivity index (χ2n) is 8.27. The van der Waals surface area contributed by atoms with E-state index in [1.807, 2.05) is 0 Å². The number of carbonyl (C=O) groups is 1. The van der Waals surface area contributed by atoms with E-state index in [9.17, 15) is 18.0 Å². The van der Waals surface area contributed by atoms with Crippen LogP contribution in [0.25, 0.3) is 10.9 Å². The van der Waals surface area contributed by atoms with Gasteiger partial charge in [-0.25, -0.2) is 22.5 Å². The Kier molecular flexibility index (Phi) is 6.99. The number of benzene rings is 2. The van der Waals surface area contributed by atoms with E-state index in [0.717, 1.165) is 35.8 Å². The highest BCUT2D eigenvalue weighted by Gasteiger charge is 2.17. The van der Waals surface area contributed by atoms with E-state index in [1.165, 1.54) is 26.2 Å². The zero-order valence-electron chi connectivity index (χ0n) is 19.2. The van der Waals surface area contributed by atoms with Crippen LogP contribution in [0.5, 0.6) is 5.75 Å². The lowest BCUT2D eigenvalue weighted by Crippen LogP contribution is -2.24. The van der Waals surface area contributed by atoms with Gasteiger partial charge in [0, 0.05) is 27.1 Å². The smallest absolute Gasteiger partial charge is 0.338 e. The van der Waals surface area contributed by atoms with Crippen LogP contribution in [0.1, 0.15) is 35.4 Å². The van der Waals surface area contributed by atoms with E-state index in [1.54, 1.807) is 34.9 Å². The molecule has 2 heterocycles. The van der Waals surface area contributed by atoms with Gasteiger partial charge in [0.05, 0.1) is 21.4 Å². The molecular weight excluding hydrogens is 458 g/mol. The first-order chi connectivity index (χ1) is 16.3. The largest absolute Gasteiger partial charge is 0.490 e. The predicted molar refractivity (Wildman–Crippen MR) is 127 cm³/mol. The van der Waals surface area contributed by atoms with Crippen LogP contribution in [-0.4, -0.2) is 55.6 Å². The van der Waals surface area contributed by atoms with Crippen molar-refractivity contribution >= 4 is 26.9 Å². The fourth-order valence-corrected chi connectivity index (χ4v) is 4.74. The molecule has 180 valence electrons. The van der Waals surface area contributed by atoms with Crippen LogP contribution < -0.4 is 10.3 Å². The first-order valence-corrected chi connectivity index (χ1v) is 12.6. The average Bonchev–Trinajstić information content (AvgIpc) is 3.07. The predicted octanol–water partition coefficient (Wildman–Crippen LogP) is 2.61. The Labute approximate surface area is 198 Å². The van der Waals surface area contributed by atoms with Crippen LogP contribution in [0.15, 0.2) is 52.2 Å². The maximum Gasteiger partial charge on any atom is 0.338 e. The normalized spacial score (nSPS) is 14.0. The standard InChI is InChI=1S/C24H27N3O6S/c1-26(2)34(30,31)19-10-8-18(9-11-19)32-14-15-33-24(29)17-7-12-20-21(16-17)25-22-6-4-3-5-13-27(22)23(20)28/h7-12,16H,3-6,13-15H2,1-2H3. The third-order valence-electron chi connectivity index (χ3n) is 5.74. The number of esters is 1. The summed E-state index contributed by atoms with van der Waals surface area (Å²) in [5.41, 5.74) is 0.743. The maximum atomic E-state index is 12.8. The lowest BCUT2D eigenvalue weighted by Gasteiger charge is -2.12. The molecule has 10 heteroatoms. The molecule has 4 rings (SSSR count). The van der Waals surface area contributed by atoms with Crippen LogP contribution >= 0.6 is 0 Å². The number of hydrogen-bond donors (Lipinski definition) is 0. The molecule has 0 aliphatic carbocycles. The van der Waals surface area contributed by atoms with E-state index in [0.29, 0.717) is 28.8 Å². The first-order valence-electron chi connectivity index (χ1n) is 11.1. The molecule has 0 unspecified atom stereocenters. The summed E-state index contributed by atoms with van der Waals surface area (Å²) in [6.07, 6.45) is 3.77. The van der Waals surface area contributed by atoms with E-state index >= 15 is 0 Å². The molecule has 0 atom stereocenters. The molecule has 1 aromatic heterocycles. The van der Waals surface area contributed by atoms with Crippen molar-refractivity contribution in [1.82, 2.24) is 13.9 Å². The number of fused-ring (bicyclic) bond motifs is 2.